The first kappa shape index (κ1) is 20.2. The van der Waals surface area contributed by atoms with Crippen LogP contribution in [0.15, 0.2) is 47.4 Å². The first-order chi connectivity index (χ1) is 12.2. The monoisotopic (exact) mass is 401 g/mol. The van der Waals surface area contributed by atoms with Crippen molar-refractivity contribution in [2.24, 2.45) is 0 Å². The Kier molecular flexibility index (Phi) is 6.57. The Bertz CT molecular complexity index is 885. The summed E-state index contributed by atoms with van der Waals surface area (Å²) in [7, 11) is -1.11. The molecule has 0 unspecified atom stereocenters. The van der Waals surface area contributed by atoms with Gasteiger partial charge in [-0.1, -0.05) is 11.6 Å². The zero-order chi connectivity index (χ0) is 19.3. The van der Waals surface area contributed by atoms with Gasteiger partial charge < -0.3 is 9.47 Å². The summed E-state index contributed by atoms with van der Waals surface area (Å²) < 4.78 is 49.3. The van der Waals surface area contributed by atoms with E-state index in [9.17, 15) is 17.6 Å². The van der Waals surface area contributed by atoms with Gasteiger partial charge in [0.05, 0.1) is 10.5 Å². The van der Waals surface area contributed by atoms with Crippen LogP contribution in [0, 0.1) is 5.82 Å². The van der Waals surface area contributed by atoms with E-state index < -0.39 is 27.4 Å². The number of nitrogens with zero attached hydrogens (tertiary/aromatic N) is 1. The molecule has 0 aliphatic rings. The van der Waals surface area contributed by atoms with Crippen molar-refractivity contribution in [3.63, 3.8) is 0 Å². The van der Waals surface area contributed by atoms with Gasteiger partial charge in [-0.25, -0.2) is 21.9 Å². The molecule has 0 aliphatic carbocycles. The van der Waals surface area contributed by atoms with Crippen molar-refractivity contribution in [3.8, 4) is 5.75 Å². The third kappa shape index (κ3) is 4.94. The fourth-order valence-electron chi connectivity index (χ4n) is 1.93. The predicted molar refractivity (Wildman–Crippen MR) is 94.5 cm³/mol. The van der Waals surface area contributed by atoms with Crippen LogP contribution in [0.4, 0.5) is 4.39 Å². The number of ether oxygens (including phenoxy) is 2. The van der Waals surface area contributed by atoms with Gasteiger partial charge in [-0.3, -0.25) is 0 Å². The highest BCUT2D eigenvalue weighted by Crippen LogP contribution is 2.19. The lowest BCUT2D eigenvalue weighted by molar-refractivity contribution is 0.0445. The van der Waals surface area contributed by atoms with Gasteiger partial charge in [0.25, 0.3) is 0 Å². The van der Waals surface area contributed by atoms with Crippen LogP contribution in [0.3, 0.4) is 0 Å². The van der Waals surface area contributed by atoms with Gasteiger partial charge in [0.1, 0.15) is 24.8 Å². The highest BCUT2D eigenvalue weighted by molar-refractivity contribution is 7.89. The van der Waals surface area contributed by atoms with Crippen LogP contribution in [-0.4, -0.2) is 46.0 Å². The normalized spacial score (nSPS) is 11.4. The maximum absolute atomic E-state index is 13.9. The van der Waals surface area contributed by atoms with E-state index in [1.165, 1.54) is 14.1 Å². The van der Waals surface area contributed by atoms with E-state index in [1.54, 1.807) is 24.3 Å². The molecule has 26 heavy (non-hydrogen) atoms. The summed E-state index contributed by atoms with van der Waals surface area (Å²) in [5.74, 6) is -1.31. The van der Waals surface area contributed by atoms with E-state index in [2.05, 4.69) is 0 Å². The smallest absolute Gasteiger partial charge is 0.341 e. The molecule has 0 saturated carbocycles. The molecule has 0 aliphatic heterocycles. The second-order valence-corrected chi connectivity index (χ2v) is 7.96. The van der Waals surface area contributed by atoms with Gasteiger partial charge >= 0.3 is 5.97 Å². The summed E-state index contributed by atoms with van der Waals surface area (Å²) in [5.41, 5.74) is -0.459. The van der Waals surface area contributed by atoms with Crippen LogP contribution >= 0.6 is 11.6 Å². The van der Waals surface area contributed by atoms with Crippen LogP contribution in [0.1, 0.15) is 10.4 Å². The molecular formula is C17H17ClFNO5S. The molecule has 0 radical (unpaired) electrons. The largest absolute Gasteiger partial charge is 0.490 e. The summed E-state index contributed by atoms with van der Waals surface area (Å²) in [5, 5.41) is 0.562. The van der Waals surface area contributed by atoms with Gasteiger partial charge in [-0.15, -0.1) is 0 Å². The van der Waals surface area contributed by atoms with Crippen molar-refractivity contribution >= 4 is 27.6 Å². The molecule has 0 spiro atoms. The summed E-state index contributed by atoms with van der Waals surface area (Å²) in [6, 6.07) is 9.55. The van der Waals surface area contributed by atoms with Gasteiger partial charge in [0.2, 0.25) is 10.0 Å². The molecule has 2 rings (SSSR count). The van der Waals surface area contributed by atoms with Gasteiger partial charge in [-0.05, 0) is 42.5 Å². The quantitative estimate of drug-likeness (QED) is 0.527. The third-order valence-electron chi connectivity index (χ3n) is 3.34. The summed E-state index contributed by atoms with van der Waals surface area (Å²) in [6.07, 6.45) is 0. The molecule has 140 valence electrons. The zero-order valence-corrected chi connectivity index (χ0v) is 15.7. The molecule has 0 saturated heterocycles. The summed E-state index contributed by atoms with van der Waals surface area (Å²) >= 11 is 5.76. The van der Waals surface area contributed by atoms with E-state index in [0.29, 0.717) is 10.8 Å². The number of halogens is 2. The van der Waals surface area contributed by atoms with Crippen molar-refractivity contribution in [1.82, 2.24) is 4.31 Å². The number of benzene rings is 2. The number of carbonyl (C=O) groups excluding carboxylic acids is 1. The Morgan fingerprint density at radius 3 is 2.38 bits per heavy atom. The molecule has 0 N–H and O–H groups in total. The average Bonchev–Trinajstić information content (AvgIpc) is 2.60. The standard InChI is InChI=1S/C17H17ClFNO5S/c1-20(2)26(22,23)14-7-8-16(19)15(11-14)17(21)25-10-9-24-13-5-3-12(18)4-6-13/h3-8,11H,9-10H2,1-2H3. The highest BCUT2D eigenvalue weighted by Gasteiger charge is 2.22. The van der Waals surface area contributed by atoms with E-state index in [0.717, 1.165) is 22.5 Å². The van der Waals surface area contributed by atoms with Gasteiger partial charge in [-0.2, -0.15) is 0 Å². The van der Waals surface area contributed by atoms with E-state index >= 15 is 0 Å². The van der Waals surface area contributed by atoms with E-state index in [1.807, 2.05) is 0 Å². The first-order valence-corrected chi connectivity index (χ1v) is 9.31. The molecule has 0 amide bonds. The zero-order valence-electron chi connectivity index (χ0n) is 14.1. The molecule has 0 aromatic heterocycles. The summed E-state index contributed by atoms with van der Waals surface area (Å²) in [4.78, 5) is 11.8. The fourth-order valence-corrected chi connectivity index (χ4v) is 2.99. The molecule has 0 fully saturated rings. The van der Waals surface area contributed by atoms with Crippen molar-refractivity contribution in [2.45, 2.75) is 4.90 Å². The Hall–Kier alpha value is -2.16. The van der Waals surface area contributed by atoms with Gasteiger partial charge in [0, 0.05) is 19.1 Å². The Balaban J connectivity index is 1.99. The van der Waals surface area contributed by atoms with E-state index in [-0.39, 0.29) is 18.1 Å². The number of hydrogen-bond acceptors (Lipinski definition) is 5. The second-order valence-electron chi connectivity index (χ2n) is 5.37. The van der Waals surface area contributed by atoms with Crippen LogP contribution in [0.2, 0.25) is 5.02 Å². The minimum absolute atomic E-state index is 0.0463. The SMILES string of the molecule is CN(C)S(=O)(=O)c1ccc(F)c(C(=O)OCCOc2ccc(Cl)cc2)c1. The molecule has 2 aromatic carbocycles. The fraction of sp³-hybridized carbons (Fsp3) is 0.235. The van der Waals surface area contributed by atoms with E-state index in [4.69, 9.17) is 21.1 Å². The Morgan fingerprint density at radius 2 is 1.77 bits per heavy atom. The van der Waals surface area contributed by atoms with Crippen molar-refractivity contribution < 1.29 is 27.1 Å². The Labute approximate surface area is 156 Å². The van der Waals surface area contributed by atoms with Crippen molar-refractivity contribution in [3.05, 3.63) is 58.9 Å². The molecule has 9 heteroatoms. The molecular weight excluding hydrogens is 385 g/mol. The maximum Gasteiger partial charge on any atom is 0.341 e. The number of sulfonamides is 1. The van der Waals surface area contributed by atoms with Crippen LogP contribution in [-0.2, 0) is 14.8 Å². The topological polar surface area (TPSA) is 72.9 Å². The molecule has 0 bridgehead atoms. The lowest BCUT2D eigenvalue weighted by atomic mass is 10.2. The molecule has 2 aromatic rings. The van der Waals surface area contributed by atoms with Crippen LogP contribution < -0.4 is 4.74 Å². The van der Waals surface area contributed by atoms with Gasteiger partial charge in [0.15, 0.2) is 0 Å². The number of hydrogen-bond donors (Lipinski definition) is 0. The Morgan fingerprint density at radius 1 is 1.12 bits per heavy atom. The van der Waals surface area contributed by atoms with Crippen molar-refractivity contribution in [2.75, 3.05) is 27.3 Å². The third-order valence-corrected chi connectivity index (χ3v) is 5.40. The summed E-state index contributed by atoms with van der Waals surface area (Å²) in [6.45, 7) is -0.0871. The molecule has 6 nitrogen and oxygen atoms in total. The average molecular weight is 402 g/mol. The van der Waals surface area contributed by atoms with Crippen molar-refractivity contribution in [1.29, 1.82) is 0 Å². The number of esters is 1. The van der Waals surface area contributed by atoms with Crippen LogP contribution in [0.25, 0.3) is 0 Å². The maximum atomic E-state index is 13.9. The highest BCUT2D eigenvalue weighted by atomic mass is 35.5. The minimum Gasteiger partial charge on any atom is -0.490 e. The number of rotatable bonds is 7. The predicted octanol–water partition coefficient (Wildman–Crippen LogP) is 2.97. The lowest BCUT2D eigenvalue weighted by Gasteiger charge is -2.13. The minimum atomic E-state index is -3.79. The first-order valence-electron chi connectivity index (χ1n) is 7.49. The molecule has 0 atom stereocenters. The second kappa shape index (κ2) is 8.48. The number of carbonyl (C=O) groups is 1. The molecule has 0 heterocycles. The van der Waals surface area contributed by atoms with Crippen LogP contribution in [0.5, 0.6) is 5.75 Å². The lowest BCUT2D eigenvalue weighted by Crippen LogP contribution is -2.23.